The summed E-state index contributed by atoms with van der Waals surface area (Å²) in [5.41, 5.74) is 1.96. The summed E-state index contributed by atoms with van der Waals surface area (Å²) in [5.74, 6) is 2.17. The summed E-state index contributed by atoms with van der Waals surface area (Å²) in [7, 11) is 3.74. The van der Waals surface area contributed by atoms with Crippen molar-refractivity contribution in [2.24, 2.45) is 0 Å². The van der Waals surface area contributed by atoms with Gasteiger partial charge in [-0.05, 0) is 43.0 Å². The summed E-state index contributed by atoms with van der Waals surface area (Å²) in [6, 6.07) is 6.57. The molecule has 0 aliphatic carbocycles. The number of aliphatic carboxylic acids is 1. The van der Waals surface area contributed by atoms with E-state index in [2.05, 4.69) is 11.9 Å². The maximum absolute atomic E-state index is 10.7. The highest BCUT2D eigenvalue weighted by atomic mass is 32.2. The molecule has 5 heteroatoms. The van der Waals surface area contributed by atoms with Gasteiger partial charge in [0.1, 0.15) is 5.75 Å². The van der Waals surface area contributed by atoms with Crippen molar-refractivity contribution >= 4 is 23.8 Å². The SMILES string of the molecule is COc1ccc(CN(C)C2CCSC2)cc1C=CC(=O)O. The Kier molecular flexibility index (Phi) is 5.70. The molecule has 1 heterocycles. The Labute approximate surface area is 129 Å². The summed E-state index contributed by atoms with van der Waals surface area (Å²) in [6.07, 6.45) is 3.96. The lowest BCUT2D eigenvalue weighted by atomic mass is 10.1. The van der Waals surface area contributed by atoms with E-state index in [9.17, 15) is 4.79 Å². The first-order chi connectivity index (χ1) is 10.1. The average Bonchev–Trinajstić information content (AvgIpc) is 2.99. The van der Waals surface area contributed by atoms with Gasteiger partial charge in [-0.1, -0.05) is 6.07 Å². The summed E-state index contributed by atoms with van der Waals surface area (Å²) in [5, 5.41) is 8.76. The normalized spacial score (nSPS) is 18.5. The van der Waals surface area contributed by atoms with Gasteiger partial charge in [0.05, 0.1) is 7.11 Å². The Morgan fingerprint density at radius 2 is 2.38 bits per heavy atom. The summed E-state index contributed by atoms with van der Waals surface area (Å²) >= 11 is 2.00. The fraction of sp³-hybridized carbons (Fsp3) is 0.438. The molecule has 1 aromatic rings. The van der Waals surface area contributed by atoms with E-state index >= 15 is 0 Å². The minimum Gasteiger partial charge on any atom is -0.496 e. The third-order valence-electron chi connectivity index (χ3n) is 3.66. The number of hydrogen-bond acceptors (Lipinski definition) is 4. The first-order valence-electron chi connectivity index (χ1n) is 6.96. The topological polar surface area (TPSA) is 49.8 Å². The molecule has 0 aromatic heterocycles. The minimum absolute atomic E-state index is 0.634. The van der Waals surface area contributed by atoms with E-state index < -0.39 is 5.97 Å². The molecule has 114 valence electrons. The number of methoxy groups -OCH3 is 1. The molecule has 21 heavy (non-hydrogen) atoms. The predicted molar refractivity (Wildman–Crippen MR) is 86.9 cm³/mol. The van der Waals surface area contributed by atoms with E-state index in [0.29, 0.717) is 11.8 Å². The van der Waals surface area contributed by atoms with E-state index in [4.69, 9.17) is 9.84 Å². The molecule has 1 N–H and O–H groups in total. The molecule has 1 atom stereocenters. The molecule has 0 saturated carbocycles. The number of thioether (sulfide) groups is 1. The molecular weight excluding hydrogens is 286 g/mol. The van der Waals surface area contributed by atoms with Gasteiger partial charge in [-0.15, -0.1) is 0 Å². The van der Waals surface area contributed by atoms with Gasteiger partial charge in [0.25, 0.3) is 0 Å². The maximum atomic E-state index is 10.7. The van der Waals surface area contributed by atoms with E-state index in [0.717, 1.165) is 18.2 Å². The fourth-order valence-corrected chi connectivity index (χ4v) is 3.76. The smallest absolute Gasteiger partial charge is 0.328 e. The molecule has 1 aromatic carbocycles. The number of ether oxygens (including phenoxy) is 1. The molecule has 0 amide bonds. The molecule has 0 radical (unpaired) electrons. The molecule has 1 unspecified atom stereocenters. The van der Waals surface area contributed by atoms with Crippen molar-refractivity contribution in [3.8, 4) is 5.75 Å². The van der Waals surface area contributed by atoms with Gasteiger partial charge in [-0.2, -0.15) is 11.8 Å². The summed E-state index contributed by atoms with van der Waals surface area (Å²) in [4.78, 5) is 13.0. The van der Waals surface area contributed by atoms with Crippen LogP contribution in [0.4, 0.5) is 0 Å². The summed E-state index contributed by atoms with van der Waals surface area (Å²) < 4.78 is 5.28. The molecule has 0 bridgehead atoms. The van der Waals surface area contributed by atoms with Crippen molar-refractivity contribution < 1.29 is 14.6 Å². The Morgan fingerprint density at radius 3 is 3.00 bits per heavy atom. The molecule has 1 fully saturated rings. The Hall–Kier alpha value is -1.46. The highest BCUT2D eigenvalue weighted by molar-refractivity contribution is 7.99. The Bertz CT molecular complexity index is 524. The first-order valence-corrected chi connectivity index (χ1v) is 8.11. The highest BCUT2D eigenvalue weighted by Crippen LogP contribution is 2.25. The number of hydrogen-bond donors (Lipinski definition) is 1. The third-order valence-corrected chi connectivity index (χ3v) is 4.81. The van der Waals surface area contributed by atoms with Crippen LogP contribution in [0.3, 0.4) is 0 Å². The Morgan fingerprint density at radius 1 is 1.57 bits per heavy atom. The van der Waals surface area contributed by atoms with Gasteiger partial charge < -0.3 is 9.84 Å². The van der Waals surface area contributed by atoms with Crippen molar-refractivity contribution in [2.45, 2.75) is 19.0 Å². The zero-order valence-electron chi connectivity index (χ0n) is 12.4. The van der Waals surface area contributed by atoms with E-state index in [-0.39, 0.29) is 0 Å². The average molecular weight is 307 g/mol. The van der Waals surface area contributed by atoms with Crippen molar-refractivity contribution in [3.63, 3.8) is 0 Å². The molecule has 1 aliphatic rings. The number of carboxylic acids is 1. The van der Waals surface area contributed by atoms with Crippen molar-refractivity contribution in [2.75, 3.05) is 25.7 Å². The second kappa shape index (κ2) is 7.52. The van der Waals surface area contributed by atoms with Crippen LogP contribution in [0.1, 0.15) is 17.5 Å². The monoisotopic (exact) mass is 307 g/mol. The number of rotatable bonds is 6. The number of carbonyl (C=O) groups is 1. The van der Waals surface area contributed by atoms with Gasteiger partial charge in [-0.3, -0.25) is 4.90 Å². The first kappa shape index (κ1) is 15.9. The van der Waals surface area contributed by atoms with Gasteiger partial charge in [0, 0.05) is 30.0 Å². The number of carboxylic acid groups (broad SMARTS) is 1. The van der Waals surface area contributed by atoms with Crippen LogP contribution in [-0.2, 0) is 11.3 Å². The molecule has 1 saturated heterocycles. The van der Waals surface area contributed by atoms with Crippen molar-refractivity contribution in [1.82, 2.24) is 4.90 Å². The zero-order chi connectivity index (χ0) is 15.2. The highest BCUT2D eigenvalue weighted by Gasteiger charge is 2.20. The number of benzene rings is 1. The lowest BCUT2D eigenvalue weighted by molar-refractivity contribution is -0.131. The van der Waals surface area contributed by atoms with Crippen LogP contribution in [0.25, 0.3) is 6.08 Å². The van der Waals surface area contributed by atoms with Gasteiger partial charge in [-0.25, -0.2) is 4.79 Å². The standard InChI is InChI=1S/C16H21NO3S/c1-17(14-7-8-21-11-14)10-12-3-5-15(20-2)13(9-12)4-6-16(18)19/h3-6,9,14H,7-8,10-11H2,1-2H3,(H,18,19). The second-order valence-electron chi connectivity index (χ2n) is 5.18. The van der Waals surface area contributed by atoms with Crippen LogP contribution in [-0.4, -0.2) is 47.7 Å². The largest absolute Gasteiger partial charge is 0.496 e. The van der Waals surface area contributed by atoms with Crippen LogP contribution in [0.15, 0.2) is 24.3 Å². The molecule has 0 spiro atoms. The zero-order valence-corrected chi connectivity index (χ0v) is 13.2. The number of nitrogens with zero attached hydrogens (tertiary/aromatic N) is 1. The van der Waals surface area contributed by atoms with Gasteiger partial charge in [0.15, 0.2) is 0 Å². The molecule has 4 nitrogen and oxygen atoms in total. The lowest BCUT2D eigenvalue weighted by Crippen LogP contribution is -2.30. The van der Waals surface area contributed by atoms with E-state index in [1.54, 1.807) is 13.2 Å². The van der Waals surface area contributed by atoms with Crippen LogP contribution in [0.5, 0.6) is 5.75 Å². The van der Waals surface area contributed by atoms with Crippen LogP contribution >= 0.6 is 11.8 Å². The van der Waals surface area contributed by atoms with E-state index in [1.165, 1.54) is 23.5 Å². The fourth-order valence-electron chi connectivity index (χ4n) is 2.46. The lowest BCUT2D eigenvalue weighted by Gasteiger charge is -2.23. The second-order valence-corrected chi connectivity index (χ2v) is 6.33. The van der Waals surface area contributed by atoms with Crippen LogP contribution in [0.2, 0.25) is 0 Å². The van der Waals surface area contributed by atoms with Crippen molar-refractivity contribution in [1.29, 1.82) is 0 Å². The quantitative estimate of drug-likeness (QED) is 0.819. The van der Waals surface area contributed by atoms with Crippen LogP contribution < -0.4 is 4.74 Å². The minimum atomic E-state index is -0.956. The van der Waals surface area contributed by atoms with E-state index in [1.807, 2.05) is 30.0 Å². The molecular formula is C16H21NO3S. The summed E-state index contributed by atoms with van der Waals surface area (Å²) in [6.45, 7) is 0.864. The maximum Gasteiger partial charge on any atom is 0.328 e. The molecule has 1 aliphatic heterocycles. The third kappa shape index (κ3) is 4.51. The van der Waals surface area contributed by atoms with Gasteiger partial charge >= 0.3 is 5.97 Å². The molecule has 2 rings (SSSR count). The predicted octanol–water partition coefficient (Wildman–Crippen LogP) is 2.73. The van der Waals surface area contributed by atoms with Crippen molar-refractivity contribution in [3.05, 3.63) is 35.4 Å². The Balaban J connectivity index is 2.12. The van der Waals surface area contributed by atoms with Crippen LogP contribution in [0, 0.1) is 0 Å². The van der Waals surface area contributed by atoms with Gasteiger partial charge in [0.2, 0.25) is 0 Å².